The van der Waals surface area contributed by atoms with Crippen molar-refractivity contribution in [1.29, 1.82) is 0 Å². The third kappa shape index (κ3) is 7.40. The summed E-state index contributed by atoms with van der Waals surface area (Å²) in [4.78, 5) is 2.11. The summed E-state index contributed by atoms with van der Waals surface area (Å²) in [5.74, 6) is 1.82. The first-order valence-electron chi connectivity index (χ1n) is 11.6. The molecular weight excluding hydrogens is 446 g/mol. The lowest BCUT2D eigenvalue weighted by Crippen LogP contribution is -2.36. The molecule has 0 bridgehead atoms. The van der Waals surface area contributed by atoms with Gasteiger partial charge in [-0.15, -0.1) is 6.58 Å². The Morgan fingerprint density at radius 1 is 1.09 bits per heavy atom. The van der Waals surface area contributed by atoms with E-state index in [0.717, 1.165) is 16.9 Å². The number of para-hydroxylation sites is 3. The fraction of sp³-hybridized carbons (Fsp3) is 0.370. The molecule has 0 amide bonds. The predicted molar refractivity (Wildman–Crippen MR) is 136 cm³/mol. The van der Waals surface area contributed by atoms with E-state index in [1.165, 1.54) is 0 Å². The normalized spacial score (nSPS) is 12.0. The molecule has 35 heavy (non-hydrogen) atoms. The summed E-state index contributed by atoms with van der Waals surface area (Å²) < 4.78 is 24.5. The van der Waals surface area contributed by atoms with E-state index in [1.54, 1.807) is 25.0 Å². The van der Waals surface area contributed by atoms with Crippen molar-refractivity contribution in [2.75, 3.05) is 47.1 Å². The van der Waals surface area contributed by atoms with Crippen LogP contribution in [-0.2, 0) is 16.0 Å². The number of methoxy groups -OCH3 is 2. The van der Waals surface area contributed by atoms with E-state index in [-0.39, 0.29) is 6.61 Å². The molecule has 1 aromatic heterocycles. The van der Waals surface area contributed by atoms with Gasteiger partial charge in [-0.25, -0.2) is 4.68 Å². The quantitative estimate of drug-likeness (QED) is 0.260. The molecule has 0 saturated carbocycles. The van der Waals surface area contributed by atoms with Crippen LogP contribution in [0.3, 0.4) is 0 Å². The van der Waals surface area contributed by atoms with Crippen LogP contribution in [-0.4, -0.2) is 73.0 Å². The highest BCUT2D eigenvalue weighted by Gasteiger charge is 2.23. The van der Waals surface area contributed by atoms with Gasteiger partial charge in [0.1, 0.15) is 0 Å². The minimum atomic E-state index is -0.658. The summed E-state index contributed by atoms with van der Waals surface area (Å²) in [6.07, 6.45) is 1.01. The van der Waals surface area contributed by atoms with Crippen molar-refractivity contribution < 1.29 is 24.1 Å². The van der Waals surface area contributed by atoms with Crippen molar-refractivity contribution in [3.05, 3.63) is 78.5 Å². The molecule has 0 aliphatic heterocycles. The number of hydrogen-bond donors (Lipinski definition) is 1. The second-order valence-corrected chi connectivity index (χ2v) is 8.08. The van der Waals surface area contributed by atoms with Crippen molar-refractivity contribution in [1.82, 2.24) is 14.7 Å². The number of rotatable bonds is 15. The highest BCUT2D eigenvalue weighted by molar-refractivity contribution is 5.47. The number of aromatic nitrogens is 2. The molecule has 0 aliphatic carbocycles. The molecule has 0 fully saturated rings. The molecule has 8 heteroatoms. The summed E-state index contributed by atoms with van der Waals surface area (Å²) in [5.41, 5.74) is 2.63. The third-order valence-electron chi connectivity index (χ3n) is 5.42. The molecule has 0 unspecified atom stereocenters. The molecule has 3 rings (SSSR count). The molecule has 0 saturated heterocycles. The Balaban J connectivity index is 1.95. The summed E-state index contributed by atoms with van der Waals surface area (Å²) in [6.45, 7) is 8.28. The summed E-state index contributed by atoms with van der Waals surface area (Å²) >= 11 is 0. The standard InChI is InChI=1S/C27H35N3O5/c1-5-16-34-20-23(31)18-29(15-17-32-3)19-24-21(2)28-30(22-11-7-6-8-12-22)27(24)35-26-14-10-9-13-25(26)33-4/h5-14,23,31H,1,15-20H2,2-4H3/t23-/m0/s1. The molecule has 1 atom stereocenters. The van der Waals surface area contributed by atoms with Crippen LogP contribution in [0.25, 0.3) is 5.69 Å². The molecule has 3 aromatic rings. The molecule has 0 radical (unpaired) electrons. The van der Waals surface area contributed by atoms with Gasteiger partial charge in [-0.1, -0.05) is 36.4 Å². The van der Waals surface area contributed by atoms with Crippen molar-refractivity contribution in [2.45, 2.75) is 19.6 Å². The zero-order valence-corrected chi connectivity index (χ0v) is 20.7. The van der Waals surface area contributed by atoms with E-state index in [0.29, 0.717) is 50.2 Å². The Morgan fingerprint density at radius 2 is 1.80 bits per heavy atom. The summed E-state index contributed by atoms with van der Waals surface area (Å²) in [6, 6.07) is 17.4. The summed E-state index contributed by atoms with van der Waals surface area (Å²) in [5, 5.41) is 15.3. The molecule has 0 spiro atoms. The lowest BCUT2D eigenvalue weighted by atomic mass is 10.2. The largest absolute Gasteiger partial charge is 0.493 e. The first-order chi connectivity index (χ1) is 17.1. The topological polar surface area (TPSA) is 78.2 Å². The summed E-state index contributed by atoms with van der Waals surface area (Å²) in [7, 11) is 3.28. The maximum absolute atomic E-state index is 10.5. The van der Waals surface area contributed by atoms with E-state index in [4.69, 9.17) is 24.0 Å². The van der Waals surface area contributed by atoms with Gasteiger partial charge in [0.2, 0.25) is 5.88 Å². The van der Waals surface area contributed by atoms with Crippen LogP contribution in [0.1, 0.15) is 11.3 Å². The van der Waals surface area contributed by atoms with Gasteiger partial charge in [-0.2, -0.15) is 5.10 Å². The molecule has 2 aromatic carbocycles. The van der Waals surface area contributed by atoms with E-state index < -0.39 is 6.10 Å². The molecule has 1 heterocycles. The third-order valence-corrected chi connectivity index (χ3v) is 5.42. The van der Waals surface area contributed by atoms with Gasteiger partial charge in [-0.05, 0) is 31.2 Å². The minimum absolute atomic E-state index is 0.225. The van der Waals surface area contributed by atoms with Crippen LogP contribution in [0.4, 0.5) is 0 Å². The predicted octanol–water partition coefficient (Wildman–Crippen LogP) is 3.99. The van der Waals surface area contributed by atoms with Gasteiger partial charge in [0.05, 0.1) is 50.0 Å². The number of nitrogens with zero attached hydrogens (tertiary/aromatic N) is 3. The second kappa shape index (κ2) is 13.7. The molecule has 1 N–H and O–H groups in total. The van der Waals surface area contributed by atoms with Crippen molar-refractivity contribution >= 4 is 0 Å². The minimum Gasteiger partial charge on any atom is -0.493 e. The van der Waals surface area contributed by atoms with Gasteiger partial charge in [0, 0.05) is 26.7 Å². The lowest BCUT2D eigenvalue weighted by molar-refractivity contribution is 0.0192. The van der Waals surface area contributed by atoms with Crippen LogP contribution in [0.5, 0.6) is 17.4 Å². The first-order valence-corrected chi connectivity index (χ1v) is 11.6. The first kappa shape index (κ1) is 26.4. The van der Waals surface area contributed by atoms with Crippen molar-refractivity contribution in [2.24, 2.45) is 0 Å². The number of benzene rings is 2. The fourth-order valence-corrected chi connectivity index (χ4v) is 3.69. The second-order valence-electron chi connectivity index (χ2n) is 8.08. The van der Waals surface area contributed by atoms with Gasteiger partial charge < -0.3 is 24.1 Å². The van der Waals surface area contributed by atoms with Crippen molar-refractivity contribution in [3.8, 4) is 23.1 Å². The number of aliphatic hydroxyl groups excluding tert-OH is 1. The Labute approximate surface area is 207 Å². The van der Waals surface area contributed by atoms with E-state index in [1.807, 2.05) is 61.5 Å². The number of aliphatic hydroxyl groups is 1. The SMILES string of the molecule is C=CCOC[C@@H](O)CN(CCOC)Cc1c(C)nn(-c2ccccc2)c1Oc1ccccc1OC. The van der Waals surface area contributed by atoms with Crippen LogP contribution in [0, 0.1) is 6.92 Å². The van der Waals surface area contributed by atoms with Crippen LogP contribution < -0.4 is 9.47 Å². The molecule has 8 nitrogen and oxygen atoms in total. The van der Waals surface area contributed by atoms with Gasteiger partial charge in [0.15, 0.2) is 11.5 Å². The number of ether oxygens (including phenoxy) is 4. The fourth-order valence-electron chi connectivity index (χ4n) is 3.69. The van der Waals surface area contributed by atoms with E-state index in [2.05, 4.69) is 11.5 Å². The Kier molecular flexibility index (Phi) is 10.3. The van der Waals surface area contributed by atoms with Crippen LogP contribution in [0.15, 0.2) is 67.3 Å². The number of aryl methyl sites for hydroxylation is 1. The maximum atomic E-state index is 10.5. The Morgan fingerprint density at radius 3 is 2.49 bits per heavy atom. The average Bonchev–Trinajstić information content (AvgIpc) is 3.18. The van der Waals surface area contributed by atoms with E-state index in [9.17, 15) is 5.11 Å². The lowest BCUT2D eigenvalue weighted by Gasteiger charge is -2.25. The van der Waals surface area contributed by atoms with Gasteiger partial charge in [-0.3, -0.25) is 4.90 Å². The van der Waals surface area contributed by atoms with Crippen LogP contribution in [0.2, 0.25) is 0 Å². The monoisotopic (exact) mass is 481 g/mol. The molecule has 188 valence electrons. The molecule has 0 aliphatic rings. The average molecular weight is 482 g/mol. The zero-order chi connectivity index (χ0) is 25.0. The highest BCUT2D eigenvalue weighted by atomic mass is 16.5. The van der Waals surface area contributed by atoms with Gasteiger partial charge in [0.25, 0.3) is 0 Å². The zero-order valence-electron chi connectivity index (χ0n) is 20.7. The van der Waals surface area contributed by atoms with Crippen LogP contribution >= 0.6 is 0 Å². The molecular formula is C27H35N3O5. The Bertz CT molecular complexity index is 1050. The van der Waals surface area contributed by atoms with Crippen molar-refractivity contribution in [3.63, 3.8) is 0 Å². The smallest absolute Gasteiger partial charge is 0.227 e. The van der Waals surface area contributed by atoms with Gasteiger partial charge >= 0.3 is 0 Å². The van der Waals surface area contributed by atoms with E-state index >= 15 is 0 Å². The highest BCUT2D eigenvalue weighted by Crippen LogP contribution is 2.36. The number of hydrogen-bond acceptors (Lipinski definition) is 7. The Hall–Kier alpha value is -3.17. The maximum Gasteiger partial charge on any atom is 0.227 e.